The van der Waals surface area contributed by atoms with Gasteiger partial charge in [-0.3, -0.25) is 14.5 Å². The number of nitrogens with two attached hydrogens (primary N) is 1. The van der Waals surface area contributed by atoms with E-state index in [4.69, 9.17) is 5.73 Å². The van der Waals surface area contributed by atoms with Crippen LogP contribution in [0.3, 0.4) is 0 Å². The molecule has 19 heavy (non-hydrogen) atoms. The zero-order valence-corrected chi connectivity index (χ0v) is 12.9. The van der Waals surface area contributed by atoms with Crippen molar-refractivity contribution < 1.29 is 9.59 Å². The van der Waals surface area contributed by atoms with E-state index in [9.17, 15) is 9.59 Å². The Morgan fingerprint density at radius 2 is 2.05 bits per heavy atom. The molecule has 1 rings (SSSR count). The van der Waals surface area contributed by atoms with E-state index in [0.717, 1.165) is 26.1 Å². The van der Waals surface area contributed by atoms with Gasteiger partial charge in [0.25, 0.3) is 0 Å². The lowest BCUT2D eigenvalue weighted by Gasteiger charge is -2.31. The third kappa shape index (κ3) is 6.29. The van der Waals surface area contributed by atoms with Crippen molar-refractivity contribution in [1.82, 2.24) is 10.2 Å². The fourth-order valence-electron chi connectivity index (χ4n) is 2.16. The smallest absolute Gasteiger partial charge is 0.230 e. The van der Waals surface area contributed by atoms with E-state index in [-0.39, 0.29) is 23.1 Å². The summed E-state index contributed by atoms with van der Waals surface area (Å²) in [6.07, 6.45) is 1.13. The molecule has 6 heteroatoms. The summed E-state index contributed by atoms with van der Waals surface area (Å²) in [6.45, 7) is 9.51. The molecular weight excluding hydrogens is 262 g/mol. The van der Waals surface area contributed by atoms with E-state index in [1.54, 1.807) is 0 Å². The average molecular weight is 287 g/mol. The first-order valence-corrected chi connectivity index (χ1v) is 7.82. The van der Waals surface area contributed by atoms with Crippen LogP contribution >= 0.6 is 11.8 Å². The zero-order valence-electron chi connectivity index (χ0n) is 12.1. The molecule has 5 nitrogen and oxygen atoms in total. The lowest BCUT2D eigenvalue weighted by molar-refractivity contribution is -0.118. The van der Waals surface area contributed by atoms with E-state index < -0.39 is 0 Å². The van der Waals surface area contributed by atoms with Crippen molar-refractivity contribution in [2.45, 2.75) is 32.7 Å². The van der Waals surface area contributed by atoms with Gasteiger partial charge >= 0.3 is 0 Å². The van der Waals surface area contributed by atoms with Gasteiger partial charge in [-0.1, -0.05) is 0 Å². The van der Waals surface area contributed by atoms with Crippen molar-refractivity contribution in [3.8, 4) is 0 Å². The van der Waals surface area contributed by atoms with E-state index >= 15 is 0 Å². The number of nitrogens with one attached hydrogen (secondary N) is 1. The van der Waals surface area contributed by atoms with Gasteiger partial charge in [0.05, 0.1) is 11.5 Å². The lowest BCUT2D eigenvalue weighted by Crippen LogP contribution is -2.40. The number of thioether (sulfide) groups is 1. The Labute approximate surface area is 119 Å². The van der Waals surface area contributed by atoms with Gasteiger partial charge in [0.1, 0.15) is 0 Å². The molecule has 0 aliphatic carbocycles. The number of amides is 2. The third-order valence-corrected chi connectivity index (χ3v) is 4.25. The average Bonchev–Trinajstić information content (AvgIpc) is 2.74. The van der Waals surface area contributed by atoms with Crippen molar-refractivity contribution in [3.05, 3.63) is 0 Å². The second-order valence-electron chi connectivity index (χ2n) is 6.03. The minimum Gasteiger partial charge on any atom is -0.369 e. The normalized spacial score (nSPS) is 20.5. The van der Waals surface area contributed by atoms with Crippen molar-refractivity contribution >= 4 is 23.6 Å². The summed E-state index contributed by atoms with van der Waals surface area (Å²) in [5.74, 6) is 0.645. The van der Waals surface area contributed by atoms with Crippen LogP contribution in [-0.4, -0.2) is 53.4 Å². The first-order chi connectivity index (χ1) is 8.79. The monoisotopic (exact) mass is 287 g/mol. The molecule has 0 saturated carbocycles. The predicted molar refractivity (Wildman–Crippen MR) is 79.0 cm³/mol. The summed E-state index contributed by atoms with van der Waals surface area (Å²) < 4.78 is 0. The number of carbonyl (C=O) groups excluding carboxylic acids is 2. The van der Waals surface area contributed by atoms with Crippen molar-refractivity contribution in [3.63, 3.8) is 0 Å². The highest BCUT2D eigenvalue weighted by Crippen LogP contribution is 2.23. The zero-order chi connectivity index (χ0) is 14.5. The molecule has 0 aromatic rings. The van der Waals surface area contributed by atoms with Crippen LogP contribution < -0.4 is 11.1 Å². The number of primary amides is 1. The number of carbonyl (C=O) groups is 2. The lowest BCUT2D eigenvalue weighted by atomic mass is 10.1. The van der Waals surface area contributed by atoms with E-state index in [2.05, 4.69) is 31.0 Å². The highest BCUT2D eigenvalue weighted by Gasteiger charge is 2.30. The van der Waals surface area contributed by atoms with Crippen LogP contribution in [0.25, 0.3) is 0 Å². The summed E-state index contributed by atoms with van der Waals surface area (Å²) in [5, 5.41) is 2.93. The maximum absolute atomic E-state index is 11.6. The Hall–Kier alpha value is -0.750. The Balaban J connectivity index is 2.16. The number of nitrogens with zero attached hydrogens (tertiary/aromatic N) is 1. The number of rotatable bonds is 6. The number of likely N-dealkylation sites (tertiary alicyclic amines) is 1. The fourth-order valence-corrected chi connectivity index (χ4v) is 2.75. The molecule has 0 bridgehead atoms. The molecule has 2 amide bonds. The predicted octanol–water partition coefficient (Wildman–Crippen LogP) is 0.442. The van der Waals surface area contributed by atoms with Gasteiger partial charge in [0.15, 0.2) is 0 Å². The molecule has 1 heterocycles. The highest BCUT2D eigenvalue weighted by atomic mass is 32.2. The molecule has 3 N–H and O–H groups in total. The molecule has 0 radical (unpaired) electrons. The molecule has 0 unspecified atom stereocenters. The van der Waals surface area contributed by atoms with Crippen LogP contribution in [0.1, 0.15) is 27.2 Å². The Morgan fingerprint density at radius 1 is 1.37 bits per heavy atom. The maximum atomic E-state index is 11.6. The van der Waals surface area contributed by atoms with Crippen molar-refractivity contribution in [1.29, 1.82) is 0 Å². The Morgan fingerprint density at radius 3 is 2.58 bits per heavy atom. The Kier molecular flexibility index (Phi) is 6.13. The van der Waals surface area contributed by atoms with Crippen molar-refractivity contribution in [2.24, 2.45) is 11.7 Å². The maximum Gasteiger partial charge on any atom is 0.230 e. The van der Waals surface area contributed by atoms with Gasteiger partial charge in [-0.25, -0.2) is 0 Å². The summed E-state index contributed by atoms with van der Waals surface area (Å²) in [5.41, 5.74) is 5.22. The van der Waals surface area contributed by atoms with Crippen LogP contribution in [0.4, 0.5) is 0 Å². The third-order valence-electron chi connectivity index (χ3n) is 3.30. The van der Waals surface area contributed by atoms with Gasteiger partial charge < -0.3 is 11.1 Å². The topological polar surface area (TPSA) is 75.4 Å². The minimum absolute atomic E-state index is 0.0135. The van der Waals surface area contributed by atoms with Crippen LogP contribution in [0, 0.1) is 5.92 Å². The largest absolute Gasteiger partial charge is 0.369 e. The number of hydrogen-bond acceptors (Lipinski definition) is 4. The second kappa shape index (κ2) is 7.14. The second-order valence-corrected chi connectivity index (χ2v) is 7.02. The summed E-state index contributed by atoms with van der Waals surface area (Å²) in [4.78, 5) is 24.6. The van der Waals surface area contributed by atoms with E-state index in [0.29, 0.717) is 11.7 Å². The van der Waals surface area contributed by atoms with Crippen molar-refractivity contribution in [2.75, 3.05) is 31.1 Å². The highest BCUT2D eigenvalue weighted by molar-refractivity contribution is 8.00. The molecule has 1 saturated heterocycles. The standard InChI is InChI=1S/C13H25N3O2S/c1-13(2,3)16-5-4-10(7-16)6-15-12(18)9-19-8-11(14)17/h10H,4-9H2,1-3H3,(H2,14,17)(H,15,18)/t10-/m0/s1. The number of hydrogen-bond donors (Lipinski definition) is 2. The van der Waals surface area contributed by atoms with Crippen LogP contribution in [0.15, 0.2) is 0 Å². The van der Waals surface area contributed by atoms with Crippen LogP contribution in [0.5, 0.6) is 0 Å². The molecule has 1 fully saturated rings. The first kappa shape index (κ1) is 16.3. The minimum atomic E-state index is -0.380. The SMILES string of the molecule is CC(C)(C)N1CC[C@@H](CNC(=O)CSCC(N)=O)C1. The molecule has 1 atom stereocenters. The quantitative estimate of drug-likeness (QED) is 0.743. The molecule has 0 aromatic heterocycles. The Bertz CT molecular complexity index is 328. The summed E-state index contributed by atoms with van der Waals surface area (Å²) in [7, 11) is 0. The molecule has 1 aliphatic rings. The van der Waals surface area contributed by atoms with Gasteiger partial charge in [-0.15, -0.1) is 11.8 Å². The molecule has 0 aromatic carbocycles. The fraction of sp³-hybridized carbons (Fsp3) is 0.846. The van der Waals surface area contributed by atoms with Gasteiger partial charge in [0.2, 0.25) is 11.8 Å². The van der Waals surface area contributed by atoms with E-state index in [1.807, 2.05) is 0 Å². The van der Waals surface area contributed by atoms with Crippen LogP contribution in [0.2, 0.25) is 0 Å². The molecule has 110 valence electrons. The van der Waals surface area contributed by atoms with Gasteiger partial charge in [0, 0.05) is 18.6 Å². The molecule has 1 aliphatic heterocycles. The molecule has 0 spiro atoms. The van der Waals surface area contributed by atoms with Crippen LogP contribution in [-0.2, 0) is 9.59 Å². The van der Waals surface area contributed by atoms with E-state index in [1.165, 1.54) is 11.8 Å². The summed E-state index contributed by atoms with van der Waals surface area (Å²) in [6, 6.07) is 0. The summed E-state index contributed by atoms with van der Waals surface area (Å²) >= 11 is 1.26. The van der Waals surface area contributed by atoms with Gasteiger partial charge in [-0.05, 0) is 39.7 Å². The molecular formula is C13H25N3O2S. The first-order valence-electron chi connectivity index (χ1n) is 6.67. The van der Waals surface area contributed by atoms with Gasteiger partial charge in [-0.2, -0.15) is 0 Å².